The largest absolute Gasteiger partial charge is 2.00 e. The molecular weight excluding hydrogens is 143 g/mol. The van der Waals surface area contributed by atoms with E-state index in [9.17, 15) is 0 Å². The van der Waals surface area contributed by atoms with Crippen LogP contribution in [0.3, 0.4) is 0 Å². The average Bonchev–Trinajstić information content (AvgIpc) is 1.61. The quantitative estimate of drug-likeness (QED) is 0.331. The summed E-state index contributed by atoms with van der Waals surface area (Å²) in [6.45, 7) is 0. The monoisotopic (exact) mass is 152 g/mol. The average molecular weight is 153 g/mol. The van der Waals surface area contributed by atoms with Crippen LogP contribution in [0.5, 0.6) is 0 Å². The van der Waals surface area contributed by atoms with Gasteiger partial charge in [0.05, 0.1) is 0 Å². The molecule has 0 aliphatic rings. The molecule has 0 atom stereocenters. The Bertz CT molecular complexity index is 28.5. The molecule has 0 saturated heterocycles. The maximum atomic E-state index is 5.32. The molecule has 0 saturated carbocycles. The Morgan fingerprint density at radius 1 is 1.00 bits per heavy atom. The van der Waals surface area contributed by atoms with Crippen molar-refractivity contribution in [3.8, 4) is 0 Å². The van der Waals surface area contributed by atoms with E-state index in [1.165, 1.54) is 0 Å². The fraction of sp³-hybridized carbons (Fsp3) is 1.00. The molecule has 0 rings (SSSR count). The van der Waals surface area contributed by atoms with Crippen LogP contribution in [0.2, 0.25) is 0 Å². The third-order valence-electron chi connectivity index (χ3n) is 0.517. The summed E-state index contributed by atoms with van der Waals surface area (Å²) in [5.41, 5.74) is 0. The third-order valence-corrected chi connectivity index (χ3v) is 1.05. The van der Waals surface area contributed by atoms with E-state index in [2.05, 4.69) is 0 Å². The Morgan fingerprint density at radius 2 is 1.29 bits per heavy atom. The first-order valence-corrected chi connectivity index (χ1v) is 3.10. The summed E-state index contributed by atoms with van der Waals surface area (Å²) in [5, 5.41) is 0. The van der Waals surface area contributed by atoms with Crippen LogP contribution >= 0.6 is 23.2 Å². The molecule has 0 aromatic heterocycles. The zero-order valence-electron chi connectivity index (χ0n) is 6.29. The van der Waals surface area contributed by atoms with E-state index in [-0.39, 0.29) is 25.9 Å². The molecular formula is C4H10Cl2Mg. The molecule has 0 bridgehead atoms. The first-order chi connectivity index (χ1) is 2.91. The Balaban J connectivity index is -0.0000000417. The van der Waals surface area contributed by atoms with Crippen molar-refractivity contribution in [2.75, 3.05) is 11.8 Å². The molecule has 0 N–H and O–H groups in total. The molecule has 0 aliphatic heterocycles. The Labute approximate surface area is 73.7 Å². The van der Waals surface area contributed by atoms with Gasteiger partial charge in [-0.2, -0.15) is 0 Å². The topological polar surface area (TPSA) is 0 Å². The van der Waals surface area contributed by atoms with Crippen molar-refractivity contribution in [3.63, 3.8) is 0 Å². The summed E-state index contributed by atoms with van der Waals surface area (Å²) in [7, 11) is 0. The summed E-state index contributed by atoms with van der Waals surface area (Å²) in [6.07, 6.45) is 2.09. The van der Waals surface area contributed by atoms with Gasteiger partial charge in [0.1, 0.15) is 0 Å². The number of unbranched alkanes of at least 4 members (excludes halogenated alkanes) is 1. The molecule has 0 radical (unpaired) electrons. The van der Waals surface area contributed by atoms with Crippen LogP contribution in [-0.2, 0) is 0 Å². The molecule has 42 valence electrons. The minimum Gasteiger partial charge on any atom is -1.00 e. The van der Waals surface area contributed by atoms with Gasteiger partial charge in [-0.25, -0.2) is 0 Å². The number of halogens is 2. The summed E-state index contributed by atoms with van der Waals surface area (Å²) >= 11 is 10.6. The standard InChI is InChI=1S/C4H8Cl2.Mg.2H/c5-3-1-2-4-6;;;/h1-4H2;;;/q;+2;2*-1. The van der Waals surface area contributed by atoms with E-state index in [4.69, 9.17) is 23.2 Å². The van der Waals surface area contributed by atoms with E-state index in [1.54, 1.807) is 0 Å². The molecule has 0 heterocycles. The molecule has 0 spiro atoms. The normalized spacial score (nSPS) is 7.71. The van der Waals surface area contributed by atoms with Gasteiger partial charge in [-0.3, -0.25) is 0 Å². The molecule has 7 heavy (non-hydrogen) atoms. The number of hydrogen-bond acceptors (Lipinski definition) is 0. The predicted molar refractivity (Wildman–Crippen MR) is 38.7 cm³/mol. The van der Waals surface area contributed by atoms with Gasteiger partial charge in [-0.15, -0.1) is 23.2 Å². The van der Waals surface area contributed by atoms with E-state index >= 15 is 0 Å². The van der Waals surface area contributed by atoms with Crippen LogP contribution in [0.1, 0.15) is 15.7 Å². The molecule has 0 fully saturated rings. The minimum atomic E-state index is 0. The van der Waals surface area contributed by atoms with Crippen molar-refractivity contribution in [2.24, 2.45) is 0 Å². The Morgan fingerprint density at radius 3 is 1.43 bits per heavy atom. The van der Waals surface area contributed by atoms with Gasteiger partial charge in [0.15, 0.2) is 0 Å². The van der Waals surface area contributed by atoms with Crippen molar-refractivity contribution in [1.82, 2.24) is 0 Å². The zero-order valence-corrected chi connectivity index (χ0v) is 7.22. The maximum Gasteiger partial charge on any atom is 2.00 e. The second-order valence-electron chi connectivity index (χ2n) is 1.09. The fourth-order valence-corrected chi connectivity index (χ4v) is 0.567. The van der Waals surface area contributed by atoms with Crippen molar-refractivity contribution in [1.29, 1.82) is 0 Å². The van der Waals surface area contributed by atoms with Gasteiger partial charge in [-0.1, -0.05) is 0 Å². The van der Waals surface area contributed by atoms with Crippen molar-refractivity contribution >= 4 is 46.3 Å². The first kappa shape index (κ1) is 11.2. The van der Waals surface area contributed by atoms with Gasteiger partial charge < -0.3 is 2.85 Å². The first-order valence-electron chi connectivity index (χ1n) is 2.03. The van der Waals surface area contributed by atoms with Crippen LogP contribution in [0, 0.1) is 0 Å². The summed E-state index contributed by atoms with van der Waals surface area (Å²) in [4.78, 5) is 0. The molecule has 3 heteroatoms. The van der Waals surface area contributed by atoms with Crippen LogP contribution in [0.25, 0.3) is 0 Å². The Hall–Kier alpha value is 1.35. The summed E-state index contributed by atoms with van der Waals surface area (Å²) < 4.78 is 0. The van der Waals surface area contributed by atoms with E-state index in [0.29, 0.717) is 0 Å². The number of alkyl halides is 2. The molecule has 0 aromatic carbocycles. The smallest absolute Gasteiger partial charge is 1.00 e. The zero-order chi connectivity index (χ0) is 4.83. The van der Waals surface area contributed by atoms with Crippen LogP contribution < -0.4 is 0 Å². The Kier molecular flexibility index (Phi) is 16.5. The molecule has 0 aromatic rings. The van der Waals surface area contributed by atoms with Crippen molar-refractivity contribution in [3.05, 3.63) is 0 Å². The second kappa shape index (κ2) is 10.4. The molecule has 0 amide bonds. The van der Waals surface area contributed by atoms with Crippen LogP contribution in [0.15, 0.2) is 0 Å². The minimum absolute atomic E-state index is 0. The van der Waals surface area contributed by atoms with Gasteiger partial charge in [-0.05, 0) is 12.8 Å². The third kappa shape index (κ3) is 11.1. The van der Waals surface area contributed by atoms with Gasteiger partial charge in [0.2, 0.25) is 0 Å². The van der Waals surface area contributed by atoms with Crippen LogP contribution in [-0.4, -0.2) is 34.8 Å². The second-order valence-corrected chi connectivity index (χ2v) is 1.84. The molecule has 0 nitrogen and oxygen atoms in total. The van der Waals surface area contributed by atoms with Gasteiger partial charge >= 0.3 is 23.1 Å². The van der Waals surface area contributed by atoms with Gasteiger partial charge in [0, 0.05) is 11.8 Å². The predicted octanol–water partition coefficient (Wildman–Crippen LogP) is 2.09. The van der Waals surface area contributed by atoms with Crippen LogP contribution in [0.4, 0.5) is 0 Å². The fourth-order valence-electron chi connectivity index (χ4n) is 0.189. The van der Waals surface area contributed by atoms with Gasteiger partial charge in [0.25, 0.3) is 0 Å². The number of rotatable bonds is 3. The maximum absolute atomic E-state index is 5.32. The summed E-state index contributed by atoms with van der Waals surface area (Å²) in [5.74, 6) is 1.49. The van der Waals surface area contributed by atoms with E-state index < -0.39 is 0 Å². The van der Waals surface area contributed by atoms with Crippen molar-refractivity contribution < 1.29 is 2.85 Å². The van der Waals surface area contributed by atoms with E-state index in [0.717, 1.165) is 24.6 Å². The summed E-state index contributed by atoms with van der Waals surface area (Å²) in [6, 6.07) is 0. The molecule has 0 unspecified atom stereocenters. The molecule has 0 aliphatic carbocycles. The SMILES string of the molecule is ClCCCCCl.[H-].[H-].[Mg+2]. The van der Waals surface area contributed by atoms with E-state index in [1.807, 2.05) is 0 Å². The number of hydrogen-bond donors (Lipinski definition) is 0. The van der Waals surface area contributed by atoms with Crippen molar-refractivity contribution in [2.45, 2.75) is 12.8 Å².